The van der Waals surface area contributed by atoms with Crippen molar-refractivity contribution in [1.29, 1.82) is 0 Å². The predicted molar refractivity (Wildman–Crippen MR) is 104 cm³/mol. The highest BCUT2D eigenvalue weighted by Gasteiger charge is 2.25. The SMILES string of the molecule is CC(=O)N(C)c1cccc(NC(=O)N2CCCC(c3ccc(F)c(F)c3)C2)c1. The lowest BCUT2D eigenvalue weighted by Gasteiger charge is -2.33. The van der Waals surface area contributed by atoms with Crippen LogP contribution in [0.3, 0.4) is 0 Å². The first-order chi connectivity index (χ1) is 13.3. The summed E-state index contributed by atoms with van der Waals surface area (Å²) in [5.74, 6) is -1.88. The van der Waals surface area contributed by atoms with E-state index >= 15 is 0 Å². The summed E-state index contributed by atoms with van der Waals surface area (Å²) in [5.41, 5.74) is 1.97. The minimum absolute atomic E-state index is 0.0372. The van der Waals surface area contributed by atoms with E-state index < -0.39 is 11.6 Å². The molecular weight excluding hydrogens is 364 g/mol. The van der Waals surface area contributed by atoms with Gasteiger partial charge in [0, 0.05) is 44.4 Å². The fourth-order valence-corrected chi connectivity index (χ4v) is 3.38. The molecular formula is C21H23F2N3O2. The summed E-state index contributed by atoms with van der Waals surface area (Å²) >= 11 is 0. The van der Waals surface area contributed by atoms with Crippen LogP contribution in [0.2, 0.25) is 0 Å². The molecule has 148 valence electrons. The quantitative estimate of drug-likeness (QED) is 0.851. The molecule has 1 fully saturated rings. The Kier molecular flexibility index (Phi) is 5.92. The molecule has 2 aromatic carbocycles. The van der Waals surface area contributed by atoms with Gasteiger partial charge in [-0.05, 0) is 48.7 Å². The van der Waals surface area contributed by atoms with Crippen molar-refractivity contribution in [2.75, 3.05) is 30.4 Å². The van der Waals surface area contributed by atoms with E-state index in [4.69, 9.17) is 0 Å². The fourth-order valence-electron chi connectivity index (χ4n) is 3.38. The number of rotatable bonds is 3. The van der Waals surface area contributed by atoms with Crippen molar-refractivity contribution in [3.63, 3.8) is 0 Å². The Balaban J connectivity index is 1.68. The molecule has 1 aliphatic rings. The lowest BCUT2D eigenvalue weighted by Crippen LogP contribution is -2.41. The predicted octanol–water partition coefficient (Wildman–Crippen LogP) is 4.36. The molecule has 1 N–H and O–H groups in total. The monoisotopic (exact) mass is 387 g/mol. The van der Waals surface area contributed by atoms with Crippen molar-refractivity contribution in [2.45, 2.75) is 25.7 Å². The number of carbonyl (C=O) groups excluding carboxylic acids is 2. The fraction of sp³-hybridized carbons (Fsp3) is 0.333. The molecule has 1 atom stereocenters. The molecule has 0 bridgehead atoms. The van der Waals surface area contributed by atoms with E-state index in [1.165, 1.54) is 17.9 Å². The van der Waals surface area contributed by atoms with Crippen molar-refractivity contribution >= 4 is 23.3 Å². The first kappa shape index (κ1) is 19.8. The molecule has 1 saturated heterocycles. The second-order valence-electron chi connectivity index (χ2n) is 7.02. The van der Waals surface area contributed by atoms with Crippen molar-refractivity contribution in [3.8, 4) is 0 Å². The Bertz CT molecular complexity index is 888. The minimum Gasteiger partial charge on any atom is -0.324 e. The van der Waals surface area contributed by atoms with Gasteiger partial charge in [-0.2, -0.15) is 0 Å². The molecule has 0 aromatic heterocycles. The smallest absolute Gasteiger partial charge is 0.321 e. The van der Waals surface area contributed by atoms with Crippen LogP contribution in [0.4, 0.5) is 25.0 Å². The highest BCUT2D eigenvalue weighted by Crippen LogP contribution is 2.28. The molecule has 3 rings (SSSR count). The van der Waals surface area contributed by atoms with Crippen molar-refractivity contribution < 1.29 is 18.4 Å². The van der Waals surface area contributed by atoms with Gasteiger partial charge in [-0.25, -0.2) is 13.6 Å². The highest BCUT2D eigenvalue weighted by molar-refractivity contribution is 5.93. The maximum absolute atomic E-state index is 13.5. The number of halogens is 2. The van der Waals surface area contributed by atoms with Crippen LogP contribution in [0.15, 0.2) is 42.5 Å². The molecule has 7 heteroatoms. The second-order valence-corrected chi connectivity index (χ2v) is 7.02. The van der Waals surface area contributed by atoms with Crippen LogP contribution < -0.4 is 10.2 Å². The number of amides is 3. The van der Waals surface area contributed by atoms with Crippen molar-refractivity contribution in [1.82, 2.24) is 4.90 Å². The number of nitrogens with one attached hydrogen (secondary N) is 1. The molecule has 1 heterocycles. The average Bonchev–Trinajstić information content (AvgIpc) is 2.69. The molecule has 0 aliphatic carbocycles. The van der Waals surface area contributed by atoms with E-state index in [1.54, 1.807) is 42.3 Å². The third-order valence-electron chi connectivity index (χ3n) is 5.08. The highest BCUT2D eigenvalue weighted by atomic mass is 19.2. The summed E-state index contributed by atoms with van der Waals surface area (Å²) in [6.07, 6.45) is 1.60. The van der Waals surface area contributed by atoms with Crippen LogP contribution >= 0.6 is 0 Å². The standard InChI is InChI=1S/C21H23F2N3O2/c1-14(27)25(2)18-7-3-6-17(12-18)24-21(28)26-10-4-5-16(13-26)15-8-9-19(22)20(23)11-15/h3,6-9,11-12,16H,4-5,10,13H2,1-2H3,(H,24,28). The second kappa shape index (κ2) is 8.37. The zero-order chi connectivity index (χ0) is 20.3. The van der Waals surface area contributed by atoms with E-state index in [0.717, 1.165) is 18.9 Å². The van der Waals surface area contributed by atoms with Crippen molar-refractivity contribution in [3.05, 3.63) is 59.7 Å². The maximum atomic E-state index is 13.5. The third kappa shape index (κ3) is 4.47. The summed E-state index contributed by atoms with van der Waals surface area (Å²) in [6.45, 7) is 2.50. The largest absolute Gasteiger partial charge is 0.324 e. The molecule has 3 amide bonds. The van der Waals surface area contributed by atoms with Gasteiger partial charge in [0.15, 0.2) is 11.6 Å². The van der Waals surface area contributed by atoms with Crippen LogP contribution in [0.5, 0.6) is 0 Å². The topological polar surface area (TPSA) is 52.7 Å². The normalized spacial score (nSPS) is 16.6. The van der Waals surface area contributed by atoms with E-state index in [2.05, 4.69) is 5.32 Å². The summed E-state index contributed by atoms with van der Waals surface area (Å²) in [6, 6.07) is 10.7. The number of piperidine rings is 1. The summed E-state index contributed by atoms with van der Waals surface area (Å²) in [5, 5.41) is 2.85. The molecule has 5 nitrogen and oxygen atoms in total. The Hall–Kier alpha value is -2.96. The number of likely N-dealkylation sites (tertiary alicyclic amines) is 1. The van der Waals surface area contributed by atoms with Crippen LogP contribution in [0.25, 0.3) is 0 Å². The van der Waals surface area contributed by atoms with Gasteiger partial charge in [0.1, 0.15) is 0 Å². The summed E-state index contributed by atoms with van der Waals surface area (Å²) in [4.78, 5) is 27.4. The zero-order valence-electron chi connectivity index (χ0n) is 15.9. The third-order valence-corrected chi connectivity index (χ3v) is 5.08. The average molecular weight is 387 g/mol. The van der Waals surface area contributed by atoms with Gasteiger partial charge in [0.2, 0.25) is 5.91 Å². The number of benzene rings is 2. The molecule has 0 saturated carbocycles. The Morgan fingerprint density at radius 1 is 1.14 bits per heavy atom. The van der Waals surface area contributed by atoms with Crippen LogP contribution in [-0.2, 0) is 4.79 Å². The number of urea groups is 1. The van der Waals surface area contributed by atoms with Gasteiger partial charge >= 0.3 is 6.03 Å². The molecule has 0 radical (unpaired) electrons. The number of anilines is 2. The van der Waals surface area contributed by atoms with Gasteiger partial charge < -0.3 is 15.1 Å². The van der Waals surface area contributed by atoms with Crippen molar-refractivity contribution in [2.24, 2.45) is 0 Å². The summed E-state index contributed by atoms with van der Waals surface area (Å²) in [7, 11) is 1.67. The number of nitrogens with zero attached hydrogens (tertiary/aromatic N) is 2. The van der Waals surface area contributed by atoms with E-state index in [1.807, 2.05) is 0 Å². The Morgan fingerprint density at radius 3 is 2.64 bits per heavy atom. The Labute approximate surface area is 162 Å². The number of hydrogen-bond donors (Lipinski definition) is 1. The van der Waals surface area contributed by atoms with Gasteiger partial charge in [-0.15, -0.1) is 0 Å². The molecule has 1 aliphatic heterocycles. The van der Waals surface area contributed by atoms with Crippen LogP contribution in [0.1, 0.15) is 31.2 Å². The molecule has 0 spiro atoms. The van der Waals surface area contributed by atoms with Gasteiger partial charge in [0.25, 0.3) is 0 Å². The van der Waals surface area contributed by atoms with Gasteiger partial charge in [0.05, 0.1) is 0 Å². The first-order valence-corrected chi connectivity index (χ1v) is 9.20. The van der Waals surface area contributed by atoms with Crippen LogP contribution in [0, 0.1) is 11.6 Å². The molecule has 28 heavy (non-hydrogen) atoms. The number of hydrogen-bond acceptors (Lipinski definition) is 2. The van der Waals surface area contributed by atoms with E-state index in [0.29, 0.717) is 30.0 Å². The van der Waals surface area contributed by atoms with E-state index in [9.17, 15) is 18.4 Å². The Morgan fingerprint density at radius 2 is 1.93 bits per heavy atom. The molecule has 2 aromatic rings. The van der Waals surface area contributed by atoms with Crippen LogP contribution in [-0.4, -0.2) is 37.0 Å². The van der Waals surface area contributed by atoms with Gasteiger partial charge in [-0.1, -0.05) is 12.1 Å². The summed E-state index contributed by atoms with van der Waals surface area (Å²) < 4.78 is 26.7. The number of carbonyl (C=O) groups is 2. The molecule has 1 unspecified atom stereocenters. The first-order valence-electron chi connectivity index (χ1n) is 9.20. The lowest BCUT2D eigenvalue weighted by atomic mass is 9.90. The zero-order valence-corrected chi connectivity index (χ0v) is 15.9. The minimum atomic E-state index is -0.871. The lowest BCUT2D eigenvalue weighted by molar-refractivity contribution is -0.116. The van der Waals surface area contributed by atoms with E-state index in [-0.39, 0.29) is 17.9 Å². The van der Waals surface area contributed by atoms with Gasteiger partial charge in [-0.3, -0.25) is 4.79 Å². The maximum Gasteiger partial charge on any atom is 0.321 e.